The van der Waals surface area contributed by atoms with Crippen molar-refractivity contribution in [1.82, 2.24) is 9.55 Å². The molecule has 0 aliphatic rings. The van der Waals surface area contributed by atoms with Crippen molar-refractivity contribution in [1.29, 1.82) is 0 Å². The Kier molecular flexibility index (Phi) is 3.73. The molecular weight excluding hydrogens is 336 g/mol. The first-order chi connectivity index (χ1) is 11.4. The lowest BCUT2D eigenvalue weighted by atomic mass is 10.1. The number of nitro benzene ring substituents is 1. The highest BCUT2D eigenvalue weighted by Crippen LogP contribution is 2.34. The lowest BCUT2D eigenvalue weighted by Crippen LogP contribution is -2.28. The molecule has 24 heavy (non-hydrogen) atoms. The quantitative estimate of drug-likeness (QED) is 0.550. The van der Waals surface area contributed by atoms with E-state index in [4.69, 9.17) is 0 Å². The lowest BCUT2D eigenvalue weighted by molar-refractivity contribution is -0.383. The summed E-state index contributed by atoms with van der Waals surface area (Å²) < 4.78 is 1.08. The van der Waals surface area contributed by atoms with Crippen LogP contribution >= 0.6 is 11.3 Å². The van der Waals surface area contributed by atoms with E-state index in [1.807, 2.05) is 0 Å². The van der Waals surface area contributed by atoms with Crippen molar-refractivity contribution < 1.29 is 14.8 Å². The monoisotopic (exact) mass is 346 g/mol. The molecule has 0 atom stereocenters. The third-order valence-electron chi connectivity index (χ3n) is 3.45. The third-order valence-corrected chi connectivity index (χ3v) is 4.14. The fourth-order valence-electron chi connectivity index (χ4n) is 2.36. The molecule has 122 valence electrons. The number of rotatable bonds is 3. The molecule has 0 aliphatic carbocycles. The van der Waals surface area contributed by atoms with Gasteiger partial charge in [0.2, 0.25) is 0 Å². The van der Waals surface area contributed by atoms with Gasteiger partial charge in [0.25, 0.3) is 17.2 Å². The van der Waals surface area contributed by atoms with Crippen molar-refractivity contribution in [3.8, 4) is 5.75 Å². The minimum Gasteiger partial charge on any atom is -0.506 e. The van der Waals surface area contributed by atoms with Crippen molar-refractivity contribution in [2.75, 3.05) is 5.32 Å². The van der Waals surface area contributed by atoms with E-state index in [9.17, 15) is 24.8 Å². The summed E-state index contributed by atoms with van der Waals surface area (Å²) in [5.41, 5.74) is -1.59. The number of anilines is 1. The first-order valence-electron chi connectivity index (χ1n) is 6.61. The molecule has 1 aromatic carbocycles. The molecule has 0 bridgehead atoms. The van der Waals surface area contributed by atoms with Gasteiger partial charge >= 0.3 is 0 Å². The summed E-state index contributed by atoms with van der Waals surface area (Å²) in [5.74, 6) is -1.61. The van der Waals surface area contributed by atoms with Crippen LogP contribution in [0.25, 0.3) is 10.9 Å². The standard InChI is InChI=1S/C14H10N4O5S/c1-17-7-3-2-4-8(18(22)23)9(7)11(19)10(13(17)21)12(20)16-14-15-5-6-24-14/h2-6,19H,1H3,(H,15,16,20). The maximum atomic E-state index is 12.4. The maximum Gasteiger partial charge on any atom is 0.282 e. The highest BCUT2D eigenvalue weighted by Gasteiger charge is 2.26. The van der Waals surface area contributed by atoms with Crippen molar-refractivity contribution in [3.05, 3.63) is 55.8 Å². The molecule has 9 nitrogen and oxygen atoms in total. The number of amides is 1. The average molecular weight is 346 g/mol. The van der Waals surface area contributed by atoms with Crippen LogP contribution in [0, 0.1) is 10.1 Å². The van der Waals surface area contributed by atoms with Crippen LogP contribution in [0.15, 0.2) is 34.6 Å². The smallest absolute Gasteiger partial charge is 0.282 e. The normalized spacial score (nSPS) is 10.7. The predicted octanol–water partition coefficient (Wildman–Crippen LogP) is 1.86. The molecule has 0 radical (unpaired) electrons. The molecule has 0 aliphatic heterocycles. The van der Waals surface area contributed by atoms with E-state index < -0.39 is 33.4 Å². The van der Waals surface area contributed by atoms with Gasteiger partial charge in [-0.3, -0.25) is 25.0 Å². The van der Waals surface area contributed by atoms with E-state index in [-0.39, 0.29) is 16.0 Å². The van der Waals surface area contributed by atoms with E-state index in [0.29, 0.717) is 0 Å². The van der Waals surface area contributed by atoms with E-state index in [0.717, 1.165) is 15.9 Å². The van der Waals surface area contributed by atoms with Crippen molar-refractivity contribution in [2.24, 2.45) is 7.05 Å². The molecule has 0 unspecified atom stereocenters. The van der Waals surface area contributed by atoms with Crippen molar-refractivity contribution in [2.45, 2.75) is 0 Å². The third kappa shape index (κ3) is 2.38. The molecule has 2 heterocycles. The van der Waals surface area contributed by atoms with Gasteiger partial charge < -0.3 is 9.67 Å². The Labute approximate surface area is 138 Å². The summed E-state index contributed by atoms with van der Waals surface area (Å²) in [5, 5.41) is 25.7. The number of fused-ring (bicyclic) bond motifs is 1. The number of hydrogen-bond donors (Lipinski definition) is 2. The zero-order chi connectivity index (χ0) is 17.4. The number of nitro groups is 1. The van der Waals surface area contributed by atoms with Crippen LogP contribution in [-0.2, 0) is 7.05 Å². The van der Waals surface area contributed by atoms with Crippen LogP contribution in [-0.4, -0.2) is 25.5 Å². The Balaban J connectivity index is 2.29. The van der Waals surface area contributed by atoms with E-state index in [2.05, 4.69) is 10.3 Å². The summed E-state index contributed by atoms with van der Waals surface area (Å²) >= 11 is 1.13. The number of aromatic hydroxyl groups is 1. The first kappa shape index (κ1) is 15.6. The fourth-order valence-corrected chi connectivity index (χ4v) is 2.88. The summed E-state index contributed by atoms with van der Waals surface area (Å²) in [4.78, 5) is 39.1. The van der Waals surface area contributed by atoms with Crippen LogP contribution in [0.2, 0.25) is 0 Å². The number of pyridine rings is 1. The summed E-state index contributed by atoms with van der Waals surface area (Å²) in [6.07, 6.45) is 1.46. The molecule has 0 saturated heterocycles. The summed E-state index contributed by atoms with van der Waals surface area (Å²) in [6.45, 7) is 0. The second kappa shape index (κ2) is 5.74. The molecule has 2 N–H and O–H groups in total. The number of nitrogens with zero attached hydrogens (tertiary/aromatic N) is 3. The van der Waals surface area contributed by atoms with Crippen molar-refractivity contribution >= 4 is 39.0 Å². The number of aryl methyl sites for hydroxylation is 1. The highest BCUT2D eigenvalue weighted by atomic mass is 32.1. The number of carbonyl (C=O) groups excluding carboxylic acids is 1. The summed E-state index contributed by atoms with van der Waals surface area (Å²) in [6, 6.07) is 4.04. The Bertz CT molecular complexity index is 1030. The largest absolute Gasteiger partial charge is 0.506 e. The van der Waals surface area contributed by atoms with Gasteiger partial charge in [-0.25, -0.2) is 4.98 Å². The van der Waals surface area contributed by atoms with Gasteiger partial charge in [0.05, 0.1) is 10.4 Å². The molecule has 2 aromatic heterocycles. The van der Waals surface area contributed by atoms with Crippen LogP contribution in [0.5, 0.6) is 5.75 Å². The molecule has 0 spiro atoms. The second-order valence-electron chi connectivity index (χ2n) is 4.81. The maximum absolute atomic E-state index is 12.4. The van der Waals surface area contributed by atoms with Gasteiger partial charge in [-0.1, -0.05) is 6.07 Å². The molecular formula is C14H10N4O5S. The predicted molar refractivity (Wildman–Crippen MR) is 87.6 cm³/mol. The van der Waals surface area contributed by atoms with Crippen LogP contribution in [0.1, 0.15) is 10.4 Å². The van der Waals surface area contributed by atoms with Gasteiger partial charge in [0.1, 0.15) is 16.7 Å². The van der Waals surface area contributed by atoms with Gasteiger partial charge in [-0.05, 0) is 6.07 Å². The second-order valence-corrected chi connectivity index (χ2v) is 5.70. The molecule has 10 heteroatoms. The van der Waals surface area contributed by atoms with E-state index in [1.54, 1.807) is 5.38 Å². The first-order valence-corrected chi connectivity index (χ1v) is 7.49. The zero-order valence-electron chi connectivity index (χ0n) is 12.2. The molecule has 3 rings (SSSR count). The molecule has 3 aromatic rings. The van der Waals surface area contributed by atoms with Gasteiger partial charge in [-0.15, -0.1) is 11.3 Å². The number of thiazole rings is 1. The average Bonchev–Trinajstić information content (AvgIpc) is 3.05. The number of non-ortho nitro benzene ring substituents is 1. The van der Waals surface area contributed by atoms with E-state index in [1.165, 1.54) is 31.4 Å². The van der Waals surface area contributed by atoms with Gasteiger partial charge in [0, 0.05) is 24.7 Å². The SMILES string of the molecule is Cn1c(=O)c(C(=O)Nc2nccs2)c(O)c2c([N+](=O)[O-])cccc21. The summed E-state index contributed by atoms with van der Waals surface area (Å²) in [7, 11) is 1.37. The fraction of sp³-hybridized carbons (Fsp3) is 0.0714. The van der Waals surface area contributed by atoms with Crippen LogP contribution in [0.3, 0.4) is 0 Å². The highest BCUT2D eigenvalue weighted by molar-refractivity contribution is 7.13. The van der Waals surface area contributed by atoms with Gasteiger partial charge in [0.15, 0.2) is 5.13 Å². The minimum absolute atomic E-state index is 0.150. The topological polar surface area (TPSA) is 127 Å². The number of hydrogen-bond acceptors (Lipinski definition) is 7. The van der Waals surface area contributed by atoms with Crippen LogP contribution in [0.4, 0.5) is 10.8 Å². The molecule has 1 amide bonds. The van der Waals surface area contributed by atoms with Gasteiger partial charge in [-0.2, -0.15) is 0 Å². The molecule has 0 saturated carbocycles. The van der Waals surface area contributed by atoms with Crippen LogP contribution < -0.4 is 10.9 Å². The number of aromatic nitrogens is 2. The zero-order valence-corrected chi connectivity index (χ0v) is 13.0. The molecule has 0 fully saturated rings. The Morgan fingerprint density at radius 2 is 2.21 bits per heavy atom. The lowest BCUT2D eigenvalue weighted by Gasteiger charge is -2.11. The number of benzene rings is 1. The van der Waals surface area contributed by atoms with Crippen molar-refractivity contribution in [3.63, 3.8) is 0 Å². The van der Waals surface area contributed by atoms with E-state index >= 15 is 0 Å². The Morgan fingerprint density at radius 1 is 1.46 bits per heavy atom. The Morgan fingerprint density at radius 3 is 2.83 bits per heavy atom. The minimum atomic E-state index is -0.886. The number of carbonyl (C=O) groups is 1. The Hall–Kier alpha value is -3.27. The number of nitrogens with one attached hydrogen (secondary N) is 1.